The molecule has 0 saturated carbocycles. The molecule has 2 aromatic rings. The molecule has 1 unspecified atom stereocenters. The largest absolute Gasteiger partial charge is 0.308 e. The quantitative estimate of drug-likeness (QED) is 0.804. The highest BCUT2D eigenvalue weighted by Crippen LogP contribution is 2.31. The fourth-order valence-electron chi connectivity index (χ4n) is 2.45. The summed E-state index contributed by atoms with van der Waals surface area (Å²) in [5.74, 6) is 0. The molecule has 0 bridgehead atoms. The normalized spacial score (nSPS) is 12.7. The van der Waals surface area contributed by atoms with Gasteiger partial charge in [0.25, 0.3) is 0 Å². The Morgan fingerprint density at radius 2 is 2.10 bits per heavy atom. The lowest BCUT2D eigenvalue weighted by atomic mass is 9.99. The van der Waals surface area contributed by atoms with E-state index in [9.17, 15) is 0 Å². The molecule has 0 aliphatic rings. The number of aryl methyl sites for hydroxylation is 2. The van der Waals surface area contributed by atoms with Crippen LogP contribution in [0.25, 0.3) is 0 Å². The lowest BCUT2D eigenvalue weighted by molar-refractivity contribution is 0.532. The Morgan fingerprint density at radius 1 is 1.35 bits per heavy atom. The van der Waals surface area contributed by atoms with Crippen molar-refractivity contribution in [2.24, 2.45) is 0 Å². The minimum atomic E-state index is 0.131. The lowest BCUT2D eigenvalue weighted by Crippen LogP contribution is -2.23. The summed E-state index contributed by atoms with van der Waals surface area (Å²) in [6, 6.07) is 6.53. The van der Waals surface area contributed by atoms with E-state index in [-0.39, 0.29) is 6.04 Å². The van der Waals surface area contributed by atoms with E-state index in [0.717, 1.165) is 21.9 Å². The zero-order chi connectivity index (χ0) is 14.7. The van der Waals surface area contributed by atoms with Crippen LogP contribution < -0.4 is 5.32 Å². The minimum Gasteiger partial charge on any atom is -0.308 e. The first-order chi connectivity index (χ1) is 9.58. The van der Waals surface area contributed by atoms with Crippen LogP contribution in [0.1, 0.15) is 36.2 Å². The van der Waals surface area contributed by atoms with Gasteiger partial charge in [0.1, 0.15) is 0 Å². The summed E-state index contributed by atoms with van der Waals surface area (Å²) in [5.41, 5.74) is 3.71. The van der Waals surface area contributed by atoms with E-state index in [1.807, 2.05) is 13.2 Å². The average Bonchev–Trinajstić information content (AvgIpc) is 2.75. The molecule has 0 aliphatic carbocycles. The second kappa shape index (κ2) is 6.87. The fourth-order valence-corrected chi connectivity index (χ4v) is 3.45. The average molecular weight is 401 g/mol. The molecule has 2 rings (SSSR count). The molecule has 5 heteroatoms. The van der Waals surface area contributed by atoms with Crippen LogP contribution in [0.2, 0.25) is 0 Å². The predicted octanol–water partition coefficient (Wildman–Crippen LogP) is 4.44. The molecule has 1 atom stereocenters. The van der Waals surface area contributed by atoms with Crippen molar-refractivity contribution < 1.29 is 0 Å². The van der Waals surface area contributed by atoms with Crippen molar-refractivity contribution in [2.45, 2.75) is 32.9 Å². The molecule has 0 aliphatic heterocycles. The highest BCUT2D eigenvalue weighted by molar-refractivity contribution is 9.10. The Morgan fingerprint density at radius 3 is 2.70 bits per heavy atom. The highest BCUT2D eigenvalue weighted by Gasteiger charge is 2.21. The molecule has 1 heterocycles. The van der Waals surface area contributed by atoms with Crippen LogP contribution in [0.15, 0.2) is 33.3 Å². The zero-order valence-electron chi connectivity index (χ0n) is 12.0. The highest BCUT2D eigenvalue weighted by atomic mass is 79.9. The molecule has 1 aromatic carbocycles. The van der Waals surface area contributed by atoms with Crippen molar-refractivity contribution in [1.29, 1.82) is 0 Å². The maximum Gasteiger partial charge on any atom is 0.0760 e. The summed E-state index contributed by atoms with van der Waals surface area (Å²) in [5, 5.41) is 7.88. The second-order valence-electron chi connectivity index (χ2n) is 4.82. The van der Waals surface area contributed by atoms with Gasteiger partial charge in [-0.05, 0) is 59.6 Å². The maximum absolute atomic E-state index is 4.47. The Labute approximate surface area is 137 Å². The first-order valence-electron chi connectivity index (χ1n) is 6.73. The number of nitrogens with zero attached hydrogens (tertiary/aromatic N) is 2. The maximum atomic E-state index is 4.47. The summed E-state index contributed by atoms with van der Waals surface area (Å²) in [4.78, 5) is 0. The molecule has 0 radical (unpaired) electrons. The van der Waals surface area contributed by atoms with Gasteiger partial charge >= 0.3 is 0 Å². The summed E-state index contributed by atoms with van der Waals surface area (Å²) in [7, 11) is 1.99. The molecule has 3 nitrogen and oxygen atoms in total. The standard InChI is InChI=1S/C15H19Br2N3/c1-4-7-20-15(13(17)9-19-20)14(18-3)12-6-5-11(16)8-10(12)2/h5-6,8-9,14,18H,4,7H2,1-3H3. The Hall–Kier alpha value is -0.650. The molecule has 0 fully saturated rings. The first-order valence-corrected chi connectivity index (χ1v) is 8.31. The minimum absolute atomic E-state index is 0.131. The van der Waals surface area contributed by atoms with Crippen LogP contribution >= 0.6 is 31.9 Å². The molecular formula is C15H19Br2N3. The van der Waals surface area contributed by atoms with Crippen molar-refractivity contribution in [3.8, 4) is 0 Å². The van der Waals surface area contributed by atoms with Gasteiger partial charge in [-0.1, -0.05) is 28.9 Å². The van der Waals surface area contributed by atoms with Crippen molar-refractivity contribution in [3.63, 3.8) is 0 Å². The van der Waals surface area contributed by atoms with Crippen molar-refractivity contribution in [3.05, 3.63) is 50.2 Å². The number of halogens is 2. The van der Waals surface area contributed by atoms with Crippen molar-refractivity contribution in [2.75, 3.05) is 7.05 Å². The van der Waals surface area contributed by atoms with Crippen molar-refractivity contribution in [1.82, 2.24) is 15.1 Å². The first kappa shape index (κ1) is 15.7. The number of hydrogen-bond donors (Lipinski definition) is 1. The molecule has 1 aromatic heterocycles. The van der Waals surface area contributed by atoms with Crippen LogP contribution in [-0.2, 0) is 6.54 Å². The number of nitrogens with one attached hydrogen (secondary N) is 1. The van der Waals surface area contributed by atoms with Crippen LogP contribution in [0.3, 0.4) is 0 Å². The van der Waals surface area contributed by atoms with Gasteiger partial charge in [-0.2, -0.15) is 5.10 Å². The molecule has 0 saturated heterocycles. The van der Waals surface area contributed by atoms with E-state index in [4.69, 9.17) is 0 Å². The van der Waals surface area contributed by atoms with Gasteiger partial charge in [-0.3, -0.25) is 4.68 Å². The number of benzene rings is 1. The molecule has 108 valence electrons. The fraction of sp³-hybridized carbons (Fsp3) is 0.400. The van der Waals surface area contributed by atoms with Gasteiger partial charge in [0.2, 0.25) is 0 Å². The van der Waals surface area contributed by atoms with Gasteiger partial charge in [-0.25, -0.2) is 0 Å². The van der Waals surface area contributed by atoms with E-state index in [2.05, 4.69) is 79.0 Å². The Bertz CT molecular complexity index is 593. The van der Waals surface area contributed by atoms with E-state index in [1.165, 1.54) is 16.8 Å². The molecule has 0 amide bonds. The number of aromatic nitrogens is 2. The monoisotopic (exact) mass is 399 g/mol. The van der Waals surface area contributed by atoms with Crippen LogP contribution in [0.5, 0.6) is 0 Å². The zero-order valence-corrected chi connectivity index (χ0v) is 15.1. The van der Waals surface area contributed by atoms with Gasteiger partial charge in [-0.15, -0.1) is 0 Å². The van der Waals surface area contributed by atoms with Crippen LogP contribution in [0.4, 0.5) is 0 Å². The second-order valence-corrected chi connectivity index (χ2v) is 6.59. The van der Waals surface area contributed by atoms with Crippen molar-refractivity contribution >= 4 is 31.9 Å². The molecule has 1 N–H and O–H groups in total. The molecule has 20 heavy (non-hydrogen) atoms. The third-order valence-electron chi connectivity index (χ3n) is 3.37. The third kappa shape index (κ3) is 3.15. The smallest absolute Gasteiger partial charge is 0.0760 e. The van der Waals surface area contributed by atoms with E-state index < -0.39 is 0 Å². The number of hydrogen-bond acceptors (Lipinski definition) is 2. The van der Waals surface area contributed by atoms with Gasteiger partial charge in [0.05, 0.1) is 22.4 Å². The molecule has 0 spiro atoms. The van der Waals surface area contributed by atoms with E-state index in [1.54, 1.807) is 0 Å². The summed E-state index contributed by atoms with van der Waals surface area (Å²) in [6.07, 6.45) is 2.94. The van der Waals surface area contributed by atoms with Gasteiger partial charge < -0.3 is 5.32 Å². The summed E-state index contributed by atoms with van der Waals surface area (Å²) < 4.78 is 4.23. The molecular weight excluding hydrogens is 382 g/mol. The summed E-state index contributed by atoms with van der Waals surface area (Å²) in [6.45, 7) is 5.23. The predicted molar refractivity (Wildman–Crippen MR) is 90.0 cm³/mol. The lowest BCUT2D eigenvalue weighted by Gasteiger charge is -2.21. The van der Waals surface area contributed by atoms with Crippen LogP contribution in [0, 0.1) is 6.92 Å². The summed E-state index contributed by atoms with van der Waals surface area (Å²) >= 11 is 7.15. The van der Waals surface area contributed by atoms with E-state index >= 15 is 0 Å². The number of rotatable bonds is 5. The Balaban J connectivity index is 2.49. The topological polar surface area (TPSA) is 29.9 Å². The Kier molecular flexibility index (Phi) is 5.41. The van der Waals surface area contributed by atoms with Gasteiger partial charge in [0, 0.05) is 11.0 Å². The SMILES string of the molecule is CCCn1ncc(Br)c1C(NC)c1ccc(Br)cc1C. The van der Waals surface area contributed by atoms with E-state index in [0.29, 0.717) is 0 Å². The van der Waals surface area contributed by atoms with Crippen LogP contribution in [-0.4, -0.2) is 16.8 Å². The van der Waals surface area contributed by atoms with Gasteiger partial charge in [0.15, 0.2) is 0 Å². The third-order valence-corrected chi connectivity index (χ3v) is 4.48.